The van der Waals surface area contributed by atoms with E-state index in [4.69, 9.17) is 0 Å². The number of hydrogen-bond acceptors (Lipinski definition) is 3. The number of esters is 1. The van der Waals surface area contributed by atoms with Crippen molar-refractivity contribution in [3.8, 4) is 0 Å². The van der Waals surface area contributed by atoms with Gasteiger partial charge in [0.2, 0.25) is 0 Å². The summed E-state index contributed by atoms with van der Waals surface area (Å²) in [5.74, 6) is -0.403. The van der Waals surface area contributed by atoms with Gasteiger partial charge in [-0.3, -0.25) is 0 Å². The van der Waals surface area contributed by atoms with Crippen molar-refractivity contribution < 1.29 is 14.1 Å². The van der Waals surface area contributed by atoms with E-state index in [-0.39, 0.29) is 0 Å². The number of carbonyl (C=O) groups is 1. The minimum atomic E-state index is -2.30. The normalized spacial score (nSPS) is 11.1. The quantitative estimate of drug-likeness (QED) is 0.553. The summed E-state index contributed by atoms with van der Waals surface area (Å²) in [6, 6.07) is 6.73. The minimum absolute atomic E-state index is 0.403. The van der Waals surface area contributed by atoms with Gasteiger partial charge in [0, 0.05) is 5.30 Å². The van der Waals surface area contributed by atoms with Crippen LogP contribution < -0.4 is 5.30 Å². The first-order valence-corrected chi connectivity index (χ1v) is 6.79. The second-order valence-electron chi connectivity index (χ2n) is 3.39. The molecule has 3 nitrogen and oxygen atoms in total. The van der Waals surface area contributed by atoms with E-state index < -0.39 is 13.1 Å². The van der Waals surface area contributed by atoms with Crippen LogP contribution in [-0.4, -0.2) is 26.4 Å². The molecule has 0 radical (unpaired) electrons. The van der Waals surface area contributed by atoms with Gasteiger partial charge in [-0.25, -0.2) is 4.79 Å². The molecule has 0 atom stereocenters. The van der Waals surface area contributed by atoms with Gasteiger partial charge in [0.15, 0.2) is 0 Å². The van der Waals surface area contributed by atoms with Crippen LogP contribution in [0.5, 0.6) is 0 Å². The van der Waals surface area contributed by atoms with E-state index in [1.165, 1.54) is 7.11 Å². The van der Waals surface area contributed by atoms with E-state index in [1.807, 2.05) is 0 Å². The van der Waals surface area contributed by atoms with E-state index in [0.29, 0.717) is 10.9 Å². The molecule has 0 bridgehead atoms. The fraction of sp³-hybridized carbons (Fsp3) is 0.300. The minimum Gasteiger partial charge on any atom is -0.465 e. The molecule has 0 saturated heterocycles. The Kier molecular flexibility index (Phi) is 3.12. The van der Waals surface area contributed by atoms with Crippen LogP contribution in [0.25, 0.3) is 0 Å². The Labute approximate surface area is 83.5 Å². The number of methoxy groups -OCH3 is 1. The summed E-state index contributed by atoms with van der Waals surface area (Å²) in [6.45, 7) is 3.34. The van der Waals surface area contributed by atoms with Crippen molar-refractivity contribution in [2.24, 2.45) is 0 Å². The van der Waals surface area contributed by atoms with Crippen LogP contribution in [-0.2, 0) is 9.30 Å². The Bertz CT molecular complexity index is 392. The molecular formula is C10H13O3P. The first-order chi connectivity index (χ1) is 6.45. The van der Waals surface area contributed by atoms with Crippen molar-refractivity contribution in [1.82, 2.24) is 0 Å². The van der Waals surface area contributed by atoms with Gasteiger partial charge in [0.1, 0.15) is 7.14 Å². The van der Waals surface area contributed by atoms with Crippen molar-refractivity contribution in [1.29, 1.82) is 0 Å². The second-order valence-corrected chi connectivity index (χ2v) is 6.61. The lowest BCUT2D eigenvalue weighted by Crippen LogP contribution is -2.08. The molecular weight excluding hydrogens is 199 g/mol. The van der Waals surface area contributed by atoms with Gasteiger partial charge < -0.3 is 9.30 Å². The van der Waals surface area contributed by atoms with Crippen molar-refractivity contribution in [3.63, 3.8) is 0 Å². The van der Waals surface area contributed by atoms with Crippen LogP contribution in [0.2, 0.25) is 0 Å². The molecule has 1 aromatic carbocycles. The zero-order chi connectivity index (χ0) is 10.8. The fourth-order valence-corrected chi connectivity index (χ4v) is 1.98. The molecule has 0 spiro atoms. The van der Waals surface area contributed by atoms with Crippen molar-refractivity contribution in [2.45, 2.75) is 0 Å². The third kappa shape index (κ3) is 2.46. The van der Waals surface area contributed by atoms with Crippen LogP contribution >= 0.6 is 7.14 Å². The third-order valence-electron chi connectivity index (χ3n) is 1.89. The molecule has 1 rings (SSSR count). The summed E-state index contributed by atoms with van der Waals surface area (Å²) in [6.07, 6.45) is 0. The Morgan fingerprint density at radius 2 is 2.00 bits per heavy atom. The van der Waals surface area contributed by atoms with Gasteiger partial charge in [0.25, 0.3) is 0 Å². The average Bonchev–Trinajstić information content (AvgIpc) is 2.15. The summed E-state index contributed by atoms with van der Waals surface area (Å²) in [7, 11) is -0.977. The van der Waals surface area contributed by atoms with E-state index in [0.717, 1.165) is 0 Å². The van der Waals surface area contributed by atoms with Crippen molar-refractivity contribution in [3.05, 3.63) is 29.8 Å². The van der Waals surface area contributed by atoms with Crippen LogP contribution in [0.3, 0.4) is 0 Å². The molecule has 14 heavy (non-hydrogen) atoms. The molecule has 0 saturated carbocycles. The summed E-state index contributed by atoms with van der Waals surface area (Å²) >= 11 is 0. The maximum absolute atomic E-state index is 11.7. The van der Waals surface area contributed by atoms with Gasteiger partial charge in [-0.05, 0) is 25.5 Å². The van der Waals surface area contributed by atoms with Gasteiger partial charge in [-0.1, -0.05) is 12.1 Å². The summed E-state index contributed by atoms with van der Waals surface area (Å²) in [5.41, 5.74) is 0.439. The van der Waals surface area contributed by atoms with E-state index in [2.05, 4.69) is 4.74 Å². The number of ether oxygens (including phenoxy) is 1. The van der Waals surface area contributed by atoms with E-state index in [9.17, 15) is 9.36 Å². The van der Waals surface area contributed by atoms with Gasteiger partial charge in [-0.15, -0.1) is 0 Å². The molecule has 0 heterocycles. The Balaban J connectivity index is 3.14. The standard InChI is InChI=1S/C10H13O3P/c1-13-10(11)8-5-4-6-9(7-8)14(2,3)12/h4-7H,1-3H3. The number of benzene rings is 1. The third-order valence-corrected chi connectivity index (χ3v) is 3.41. The lowest BCUT2D eigenvalue weighted by Gasteiger charge is -2.07. The van der Waals surface area contributed by atoms with Crippen LogP contribution in [0.1, 0.15) is 10.4 Å². The fourth-order valence-electron chi connectivity index (χ4n) is 1.09. The maximum atomic E-state index is 11.7. The second kappa shape index (κ2) is 3.97. The first kappa shape index (κ1) is 11.0. The van der Waals surface area contributed by atoms with Gasteiger partial charge in [0.05, 0.1) is 12.7 Å². The number of hydrogen-bond donors (Lipinski definition) is 0. The van der Waals surface area contributed by atoms with Crippen molar-refractivity contribution in [2.75, 3.05) is 20.4 Å². The zero-order valence-electron chi connectivity index (χ0n) is 8.48. The maximum Gasteiger partial charge on any atom is 0.337 e. The highest BCUT2D eigenvalue weighted by molar-refractivity contribution is 7.70. The molecule has 0 aliphatic rings. The molecule has 1 aromatic rings. The zero-order valence-corrected chi connectivity index (χ0v) is 9.38. The smallest absolute Gasteiger partial charge is 0.337 e. The lowest BCUT2D eigenvalue weighted by molar-refractivity contribution is 0.0601. The molecule has 0 aliphatic heterocycles. The molecule has 0 amide bonds. The summed E-state index contributed by atoms with van der Waals surface area (Å²) < 4.78 is 16.3. The SMILES string of the molecule is COC(=O)c1cccc(P(C)(C)=O)c1. The predicted octanol–water partition coefficient (Wildman–Crippen LogP) is 1.72. The van der Waals surface area contributed by atoms with E-state index in [1.54, 1.807) is 37.6 Å². The van der Waals surface area contributed by atoms with Gasteiger partial charge >= 0.3 is 5.97 Å². The molecule has 4 heteroatoms. The first-order valence-electron chi connectivity index (χ1n) is 4.19. The highest BCUT2D eigenvalue weighted by atomic mass is 31.2. The average molecular weight is 212 g/mol. The molecule has 0 aliphatic carbocycles. The molecule has 0 unspecified atom stereocenters. The lowest BCUT2D eigenvalue weighted by atomic mass is 10.2. The van der Waals surface area contributed by atoms with E-state index >= 15 is 0 Å². The molecule has 0 aromatic heterocycles. The monoisotopic (exact) mass is 212 g/mol. The summed E-state index contributed by atoms with van der Waals surface area (Å²) in [4.78, 5) is 11.2. The van der Waals surface area contributed by atoms with Gasteiger partial charge in [-0.2, -0.15) is 0 Å². The highest BCUT2D eigenvalue weighted by Crippen LogP contribution is 2.34. The number of rotatable bonds is 2. The van der Waals surface area contributed by atoms with Crippen LogP contribution in [0, 0.1) is 0 Å². The van der Waals surface area contributed by atoms with Crippen LogP contribution in [0.15, 0.2) is 24.3 Å². The molecule has 0 fully saturated rings. The van der Waals surface area contributed by atoms with Crippen molar-refractivity contribution >= 4 is 18.4 Å². The Hall–Kier alpha value is -1.08. The predicted molar refractivity (Wildman–Crippen MR) is 56.9 cm³/mol. The summed E-state index contributed by atoms with van der Waals surface area (Å²) in [5, 5.41) is 0.695. The Morgan fingerprint density at radius 3 is 2.50 bits per heavy atom. The molecule has 0 N–H and O–H groups in total. The van der Waals surface area contributed by atoms with Crippen LogP contribution in [0.4, 0.5) is 0 Å². The largest absolute Gasteiger partial charge is 0.465 e. The molecule has 76 valence electrons. The topological polar surface area (TPSA) is 43.4 Å². The Morgan fingerprint density at radius 1 is 1.36 bits per heavy atom. The highest BCUT2D eigenvalue weighted by Gasteiger charge is 2.13. The number of carbonyl (C=O) groups excluding carboxylic acids is 1.